The SMILES string of the molecule is O=C(NN=Cc1ccc(OCc2c(F)cccc2Cl)cc1)Nc1ccccc1. The van der Waals surface area contributed by atoms with Crippen molar-refractivity contribution in [3.05, 3.63) is 94.8 Å². The molecule has 0 atom stereocenters. The average molecular weight is 398 g/mol. The molecule has 0 spiro atoms. The largest absolute Gasteiger partial charge is 0.489 e. The number of urea groups is 1. The molecule has 0 heterocycles. The molecule has 0 aromatic heterocycles. The second kappa shape index (κ2) is 9.53. The first-order valence-electron chi connectivity index (χ1n) is 8.42. The van der Waals surface area contributed by atoms with E-state index in [1.54, 1.807) is 48.5 Å². The van der Waals surface area contributed by atoms with E-state index in [-0.39, 0.29) is 6.61 Å². The molecule has 2 amide bonds. The highest BCUT2D eigenvalue weighted by Gasteiger charge is 2.07. The summed E-state index contributed by atoms with van der Waals surface area (Å²) in [6, 6.07) is 20.1. The van der Waals surface area contributed by atoms with Gasteiger partial charge in [0.15, 0.2) is 0 Å². The molecule has 0 fully saturated rings. The molecule has 3 rings (SSSR count). The van der Waals surface area contributed by atoms with Crippen molar-refractivity contribution in [3.63, 3.8) is 0 Å². The number of hydrogen-bond acceptors (Lipinski definition) is 3. The zero-order valence-electron chi connectivity index (χ0n) is 14.7. The Bertz CT molecular complexity index is 943. The lowest BCUT2D eigenvalue weighted by atomic mass is 10.2. The van der Waals surface area contributed by atoms with Crippen molar-refractivity contribution in [2.45, 2.75) is 6.61 Å². The molecule has 2 N–H and O–H groups in total. The van der Waals surface area contributed by atoms with Gasteiger partial charge in [0.1, 0.15) is 18.2 Å². The second-order valence-corrected chi connectivity index (χ2v) is 6.16. The monoisotopic (exact) mass is 397 g/mol. The molecule has 0 radical (unpaired) electrons. The van der Waals surface area contributed by atoms with Crippen LogP contribution in [0, 0.1) is 5.82 Å². The Balaban J connectivity index is 1.50. The van der Waals surface area contributed by atoms with Crippen LogP contribution in [0.4, 0.5) is 14.9 Å². The number of halogens is 2. The third-order valence-corrected chi connectivity index (χ3v) is 4.09. The fraction of sp³-hybridized carbons (Fsp3) is 0.0476. The smallest absolute Gasteiger partial charge is 0.339 e. The molecular formula is C21H17ClFN3O2. The van der Waals surface area contributed by atoms with E-state index in [9.17, 15) is 9.18 Å². The lowest BCUT2D eigenvalue weighted by Gasteiger charge is -2.09. The van der Waals surface area contributed by atoms with Crippen molar-refractivity contribution in [1.82, 2.24) is 5.43 Å². The first-order valence-corrected chi connectivity index (χ1v) is 8.80. The highest BCUT2D eigenvalue weighted by molar-refractivity contribution is 6.31. The Hall–Kier alpha value is -3.38. The van der Waals surface area contributed by atoms with Crippen LogP contribution in [-0.4, -0.2) is 12.2 Å². The number of para-hydroxylation sites is 1. The molecule has 142 valence electrons. The predicted octanol–water partition coefficient (Wildman–Crippen LogP) is 5.21. The van der Waals surface area contributed by atoms with Crippen molar-refractivity contribution in [3.8, 4) is 5.75 Å². The van der Waals surface area contributed by atoms with E-state index >= 15 is 0 Å². The van der Waals surface area contributed by atoms with Crippen LogP contribution < -0.4 is 15.5 Å². The average Bonchev–Trinajstić information content (AvgIpc) is 2.69. The van der Waals surface area contributed by atoms with Crippen molar-refractivity contribution < 1.29 is 13.9 Å². The Morgan fingerprint density at radius 2 is 1.79 bits per heavy atom. The fourth-order valence-electron chi connectivity index (χ4n) is 2.32. The van der Waals surface area contributed by atoms with Gasteiger partial charge in [-0.3, -0.25) is 0 Å². The zero-order chi connectivity index (χ0) is 19.8. The standard InChI is InChI=1S/C21H17ClFN3O2/c22-19-7-4-8-20(23)18(19)14-28-17-11-9-15(10-12-17)13-24-26-21(27)25-16-5-2-1-3-6-16/h1-13H,14H2,(H2,25,26,27). The van der Waals surface area contributed by atoms with Gasteiger partial charge in [0.25, 0.3) is 0 Å². The summed E-state index contributed by atoms with van der Waals surface area (Å²) in [6.45, 7) is 0.0279. The molecule has 3 aromatic carbocycles. The van der Waals surface area contributed by atoms with Gasteiger partial charge < -0.3 is 10.1 Å². The van der Waals surface area contributed by atoms with Crippen molar-refractivity contribution >= 4 is 29.5 Å². The molecule has 5 nitrogen and oxygen atoms in total. The third-order valence-electron chi connectivity index (χ3n) is 3.74. The fourth-order valence-corrected chi connectivity index (χ4v) is 2.54. The molecule has 0 unspecified atom stereocenters. The summed E-state index contributed by atoms with van der Waals surface area (Å²) < 4.78 is 19.3. The minimum absolute atomic E-state index is 0.0279. The molecule has 28 heavy (non-hydrogen) atoms. The molecule has 0 aliphatic heterocycles. The molecule has 7 heteroatoms. The Labute approximate surface area is 166 Å². The Kier molecular flexibility index (Phi) is 6.59. The zero-order valence-corrected chi connectivity index (χ0v) is 15.5. The molecule has 0 saturated heterocycles. The molecule has 0 bridgehead atoms. The highest BCUT2D eigenvalue weighted by atomic mass is 35.5. The summed E-state index contributed by atoms with van der Waals surface area (Å²) in [5.41, 5.74) is 4.13. The van der Waals surface area contributed by atoms with Gasteiger partial charge in [0.05, 0.1) is 11.2 Å². The number of nitrogens with zero attached hydrogens (tertiary/aromatic N) is 1. The van der Waals surface area contributed by atoms with Gasteiger partial charge in [-0.2, -0.15) is 5.10 Å². The number of anilines is 1. The summed E-state index contributed by atoms with van der Waals surface area (Å²) in [5, 5.41) is 6.87. The molecule has 0 saturated carbocycles. The molecular weight excluding hydrogens is 381 g/mol. The van der Waals surface area contributed by atoms with Crippen LogP contribution in [0.2, 0.25) is 5.02 Å². The van der Waals surface area contributed by atoms with Gasteiger partial charge in [-0.25, -0.2) is 14.6 Å². The Morgan fingerprint density at radius 3 is 2.50 bits per heavy atom. The minimum atomic E-state index is -0.441. The maximum absolute atomic E-state index is 13.7. The van der Waals surface area contributed by atoms with E-state index in [1.165, 1.54) is 12.3 Å². The van der Waals surface area contributed by atoms with Gasteiger partial charge >= 0.3 is 6.03 Å². The number of hydrogen-bond donors (Lipinski definition) is 2. The predicted molar refractivity (Wildman–Crippen MR) is 108 cm³/mol. The van der Waals surface area contributed by atoms with Crippen molar-refractivity contribution in [2.75, 3.05) is 5.32 Å². The summed E-state index contributed by atoms with van der Waals surface area (Å²) in [7, 11) is 0. The van der Waals surface area contributed by atoms with Gasteiger partial charge in [-0.05, 0) is 54.1 Å². The van der Waals surface area contributed by atoms with E-state index in [0.717, 1.165) is 5.56 Å². The third kappa shape index (κ3) is 5.56. The maximum Gasteiger partial charge on any atom is 0.339 e. The van der Waals surface area contributed by atoms with Gasteiger partial charge in [-0.1, -0.05) is 35.9 Å². The van der Waals surface area contributed by atoms with E-state index in [4.69, 9.17) is 16.3 Å². The maximum atomic E-state index is 13.7. The number of nitrogens with one attached hydrogen (secondary N) is 2. The summed E-state index contributed by atoms with van der Waals surface area (Å²) in [4.78, 5) is 11.7. The molecule has 3 aromatic rings. The van der Waals surface area contributed by atoms with E-state index in [1.807, 2.05) is 18.2 Å². The first kappa shape index (κ1) is 19.4. The number of benzene rings is 3. The number of carbonyl (C=O) groups is 1. The van der Waals surface area contributed by atoms with Crippen LogP contribution >= 0.6 is 11.6 Å². The first-order chi connectivity index (χ1) is 13.6. The van der Waals surface area contributed by atoms with Gasteiger partial charge in [-0.15, -0.1) is 0 Å². The molecule has 0 aliphatic rings. The van der Waals surface area contributed by atoms with Crippen LogP contribution in [0.5, 0.6) is 5.75 Å². The van der Waals surface area contributed by atoms with Crippen molar-refractivity contribution in [1.29, 1.82) is 0 Å². The van der Waals surface area contributed by atoms with Crippen molar-refractivity contribution in [2.24, 2.45) is 5.10 Å². The lowest BCUT2D eigenvalue weighted by Crippen LogP contribution is -2.24. The Morgan fingerprint density at radius 1 is 1.04 bits per heavy atom. The van der Waals surface area contributed by atoms with Crippen LogP contribution in [0.1, 0.15) is 11.1 Å². The van der Waals surface area contributed by atoms with Gasteiger partial charge in [0.2, 0.25) is 0 Å². The number of ether oxygens (including phenoxy) is 1. The summed E-state index contributed by atoms with van der Waals surface area (Å²) in [5.74, 6) is 0.155. The van der Waals surface area contributed by atoms with E-state index in [2.05, 4.69) is 15.8 Å². The summed E-state index contributed by atoms with van der Waals surface area (Å²) >= 11 is 5.98. The van der Waals surface area contributed by atoms with E-state index in [0.29, 0.717) is 22.0 Å². The van der Waals surface area contributed by atoms with E-state index < -0.39 is 11.8 Å². The topological polar surface area (TPSA) is 62.7 Å². The number of carbonyl (C=O) groups excluding carboxylic acids is 1. The summed E-state index contributed by atoms with van der Waals surface area (Å²) in [6.07, 6.45) is 1.50. The minimum Gasteiger partial charge on any atom is -0.489 e. The van der Waals surface area contributed by atoms with Gasteiger partial charge in [0, 0.05) is 11.3 Å². The number of rotatable bonds is 6. The molecule has 0 aliphatic carbocycles. The number of hydrazone groups is 1. The quantitative estimate of drug-likeness (QED) is 0.443. The lowest BCUT2D eigenvalue weighted by molar-refractivity contribution is 0.252. The van der Waals surface area contributed by atoms with Crippen LogP contribution in [0.15, 0.2) is 77.9 Å². The van der Waals surface area contributed by atoms with Crippen LogP contribution in [0.25, 0.3) is 0 Å². The highest BCUT2D eigenvalue weighted by Crippen LogP contribution is 2.21. The second-order valence-electron chi connectivity index (χ2n) is 5.75. The number of amides is 2. The van der Waals surface area contributed by atoms with Crippen LogP contribution in [0.3, 0.4) is 0 Å². The normalized spacial score (nSPS) is 10.6. The van der Waals surface area contributed by atoms with Crippen LogP contribution in [-0.2, 0) is 6.61 Å².